The molecular formula is C21H23N5O. The fourth-order valence-electron chi connectivity index (χ4n) is 2.69. The summed E-state index contributed by atoms with van der Waals surface area (Å²) in [5.41, 5.74) is 2.64. The number of amides is 1. The highest BCUT2D eigenvalue weighted by Crippen LogP contribution is 2.12. The first-order chi connectivity index (χ1) is 13.1. The fourth-order valence-corrected chi connectivity index (χ4v) is 2.69. The number of hydrogen-bond acceptors (Lipinski definition) is 5. The summed E-state index contributed by atoms with van der Waals surface area (Å²) in [6.45, 7) is 3.05. The summed E-state index contributed by atoms with van der Waals surface area (Å²) >= 11 is 0. The van der Waals surface area contributed by atoms with Crippen molar-refractivity contribution >= 4 is 11.7 Å². The SMILES string of the molecule is Cc1nc(C(=O)NCc2ccccc2)cc(N(C)CCc2ccncc2)n1. The molecular weight excluding hydrogens is 338 g/mol. The number of carbonyl (C=O) groups is 1. The van der Waals surface area contributed by atoms with Crippen LogP contribution >= 0.6 is 0 Å². The van der Waals surface area contributed by atoms with Crippen LogP contribution in [0.4, 0.5) is 5.82 Å². The summed E-state index contributed by atoms with van der Waals surface area (Å²) in [5, 5.41) is 2.91. The maximum Gasteiger partial charge on any atom is 0.270 e. The Bertz CT molecular complexity index is 884. The molecule has 6 nitrogen and oxygen atoms in total. The second-order valence-electron chi connectivity index (χ2n) is 6.35. The average Bonchev–Trinajstić information content (AvgIpc) is 2.71. The third-order valence-corrected chi connectivity index (χ3v) is 4.23. The summed E-state index contributed by atoms with van der Waals surface area (Å²) in [6, 6.07) is 15.5. The van der Waals surface area contributed by atoms with E-state index in [-0.39, 0.29) is 5.91 Å². The monoisotopic (exact) mass is 361 g/mol. The molecule has 0 saturated carbocycles. The number of rotatable bonds is 7. The van der Waals surface area contributed by atoms with Crippen LogP contribution < -0.4 is 10.2 Å². The minimum Gasteiger partial charge on any atom is -0.359 e. The van der Waals surface area contributed by atoms with E-state index in [0.29, 0.717) is 18.1 Å². The lowest BCUT2D eigenvalue weighted by atomic mass is 10.2. The van der Waals surface area contributed by atoms with Crippen LogP contribution in [0.1, 0.15) is 27.4 Å². The maximum absolute atomic E-state index is 12.5. The highest BCUT2D eigenvalue weighted by atomic mass is 16.1. The first-order valence-corrected chi connectivity index (χ1v) is 8.89. The Morgan fingerprint density at radius 1 is 1.04 bits per heavy atom. The van der Waals surface area contributed by atoms with Gasteiger partial charge in [0.25, 0.3) is 5.91 Å². The summed E-state index contributed by atoms with van der Waals surface area (Å²) in [5.74, 6) is 1.11. The second-order valence-corrected chi connectivity index (χ2v) is 6.35. The molecule has 2 heterocycles. The van der Waals surface area contributed by atoms with Crippen molar-refractivity contribution in [1.82, 2.24) is 20.3 Å². The molecule has 27 heavy (non-hydrogen) atoms. The first kappa shape index (κ1) is 18.5. The van der Waals surface area contributed by atoms with Crippen LogP contribution in [0.5, 0.6) is 0 Å². The number of aromatic nitrogens is 3. The van der Waals surface area contributed by atoms with Crippen LogP contribution in [0.3, 0.4) is 0 Å². The van der Waals surface area contributed by atoms with Gasteiger partial charge in [0.05, 0.1) is 0 Å². The van der Waals surface area contributed by atoms with Gasteiger partial charge in [-0.05, 0) is 36.6 Å². The van der Waals surface area contributed by atoms with E-state index in [1.165, 1.54) is 5.56 Å². The number of nitrogens with zero attached hydrogens (tertiary/aromatic N) is 4. The third-order valence-electron chi connectivity index (χ3n) is 4.23. The Kier molecular flexibility index (Phi) is 6.10. The molecule has 3 rings (SSSR count). The van der Waals surface area contributed by atoms with Crippen molar-refractivity contribution in [2.75, 3.05) is 18.5 Å². The zero-order valence-corrected chi connectivity index (χ0v) is 15.6. The summed E-state index contributed by atoms with van der Waals surface area (Å²) < 4.78 is 0. The molecule has 1 aromatic carbocycles. The molecule has 2 aromatic heterocycles. The first-order valence-electron chi connectivity index (χ1n) is 8.89. The largest absolute Gasteiger partial charge is 0.359 e. The van der Waals surface area contributed by atoms with Gasteiger partial charge in [0.1, 0.15) is 17.3 Å². The van der Waals surface area contributed by atoms with E-state index in [1.807, 2.05) is 54.4 Å². The molecule has 0 unspecified atom stereocenters. The molecule has 1 amide bonds. The van der Waals surface area contributed by atoms with E-state index in [4.69, 9.17) is 0 Å². The van der Waals surface area contributed by atoms with Gasteiger partial charge < -0.3 is 10.2 Å². The van der Waals surface area contributed by atoms with Gasteiger partial charge in [-0.2, -0.15) is 0 Å². The van der Waals surface area contributed by atoms with E-state index in [1.54, 1.807) is 25.4 Å². The highest BCUT2D eigenvalue weighted by molar-refractivity contribution is 5.92. The lowest BCUT2D eigenvalue weighted by Gasteiger charge is -2.19. The molecule has 6 heteroatoms. The van der Waals surface area contributed by atoms with Crippen molar-refractivity contribution in [2.45, 2.75) is 19.9 Å². The van der Waals surface area contributed by atoms with E-state index < -0.39 is 0 Å². The van der Waals surface area contributed by atoms with Crippen LogP contribution in [0.25, 0.3) is 0 Å². The normalized spacial score (nSPS) is 10.4. The van der Waals surface area contributed by atoms with Crippen molar-refractivity contribution in [3.05, 3.63) is 83.6 Å². The van der Waals surface area contributed by atoms with Gasteiger partial charge in [-0.3, -0.25) is 9.78 Å². The lowest BCUT2D eigenvalue weighted by molar-refractivity contribution is 0.0945. The van der Waals surface area contributed by atoms with Crippen LogP contribution in [0, 0.1) is 6.92 Å². The van der Waals surface area contributed by atoms with Gasteiger partial charge in [0.2, 0.25) is 0 Å². The van der Waals surface area contributed by atoms with Crippen molar-refractivity contribution < 1.29 is 4.79 Å². The Morgan fingerprint density at radius 3 is 2.52 bits per heavy atom. The van der Waals surface area contributed by atoms with Crippen LogP contribution in [0.2, 0.25) is 0 Å². The van der Waals surface area contributed by atoms with Crippen LogP contribution in [-0.2, 0) is 13.0 Å². The van der Waals surface area contributed by atoms with E-state index >= 15 is 0 Å². The predicted molar refractivity (Wildman–Crippen MR) is 106 cm³/mol. The maximum atomic E-state index is 12.5. The van der Waals surface area contributed by atoms with E-state index in [9.17, 15) is 4.79 Å². The number of carbonyl (C=O) groups excluding carboxylic acids is 1. The Hall–Kier alpha value is -3.28. The van der Waals surface area contributed by atoms with Gasteiger partial charge in [0, 0.05) is 38.6 Å². The molecule has 138 valence electrons. The van der Waals surface area contributed by atoms with E-state index in [2.05, 4.69) is 20.3 Å². The minimum absolute atomic E-state index is 0.201. The van der Waals surface area contributed by atoms with Crippen molar-refractivity contribution in [3.63, 3.8) is 0 Å². The Morgan fingerprint density at radius 2 is 1.78 bits per heavy atom. The zero-order chi connectivity index (χ0) is 19.1. The standard InChI is InChI=1S/C21H23N5O/c1-16-24-19(21(27)23-15-18-6-4-3-5-7-18)14-20(25-16)26(2)13-10-17-8-11-22-12-9-17/h3-9,11-12,14H,10,13,15H2,1-2H3,(H,23,27). The molecule has 0 radical (unpaired) electrons. The Balaban J connectivity index is 1.65. The number of pyridine rings is 1. The fraction of sp³-hybridized carbons (Fsp3) is 0.238. The Labute approximate surface area is 159 Å². The molecule has 0 atom stereocenters. The second kappa shape index (κ2) is 8.89. The van der Waals surface area contributed by atoms with E-state index in [0.717, 1.165) is 24.3 Å². The van der Waals surface area contributed by atoms with Gasteiger partial charge in [-0.15, -0.1) is 0 Å². The molecule has 0 aliphatic heterocycles. The lowest BCUT2D eigenvalue weighted by Crippen LogP contribution is -2.26. The van der Waals surface area contributed by atoms with Crippen LogP contribution in [-0.4, -0.2) is 34.5 Å². The number of aryl methyl sites for hydroxylation is 1. The summed E-state index contributed by atoms with van der Waals surface area (Å²) in [6.07, 6.45) is 4.45. The quantitative estimate of drug-likeness (QED) is 0.701. The van der Waals surface area contributed by atoms with Crippen LogP contribution in [0.15, 0.2) is 60.9 Å². The highest BCUT2D eigenvalue weighted by Gasteiger charge is 2.12. The number of likely N-dealkylation sites (N-methyl/N-ethyl adjacent to an activating group) is 1. The molecule has 0 spiro atoms. The summed E-state index contributed by atoms with van der Waals surface area (Å²) in [4.78, 5) is 27.3. The van der Waals surface area contributed by atoms with Gasteiger partial charge in [0.15, 0.2) is 0 Å². The smallest absolute Gasteiger partial charge is 0.270 e. The minimum atomic E-state index is -0.201. The summed E-state index contributed by atoms with van der Waals surface area (Å²) in [7, 11) is 1.97. The average molecular weight is 361 g/mol. The molecule has 0 aliphatic rings. The number of anilines is 1. The molecule has 3 aromatic rings. The molecule has 0 bridgehead atoms. The van der Waals surface area contributed by atoms with Crippen molar-refractivity contribution in [2.24, 2.45) is 0 Å². The number of hydrogen-bond donors (Lipinski definition) is 1. The zero-order valence-electron chi connectivity index (χ0n) is 15.6. The van der Waals surface area contributed by atoms with Gasteiger partial charge in [-0.1, -0.05) is 30.3 Å². The topological polar surface area (TPSA) is 71.0 Å². The molecule has 1 N–H and O–H groups in total. The predicted octanol–water partition coefficient (Wildman–Crippen LogP) is 2.79. The van der Waals surface area contributed by atoms with Crippen molar-refractivity contribution in [1.29, 1.82) is 0 Å². The molecule has 0 saturated heterocycles. The number of nitrogens with one attached hydrogen (secondary N) is 1. The molecule has 0 fully saturated rings. The van der Waals surface area contributed by atoms with Gasteiger partial charge in [-0.25, -0.2) is 9.97 Å². The third kappa shape index (κ3) is 5.34. The van der Waals surface area contributed by atoms with Crippen molar-refractivity contribution in [3.8, 4) is 0 Å². The van der Waals surface area contributed by atoms with Gasteiger partial charge >= 0.3 is 0 Å². The molecule has 0 aliphatic carbocycles. The number of benzene rings is 1.